The molecule has 0 spiro atoms. The van der Waals surface area contributed by atoms with Gasteiger partial charge >= 0.3 is 0 Å². The van der Waals surface area contributed by atoms with Gasteiger partial charge in [0.15, 0.2) is 0 Å². The second-order valence-corrected chi connectivity index (χ2v) is 4.77. The van der Waals surface area contributed by atoms with Crippen molar-refractivity contribution in [2.45, 2.75) is 58.4 Å². The Balaban J connectivity index is 2.18. The van der Waals surface area contributed by atoms with Gasteiger partial charge in [-0.25, -0.2) is 0 Å². The van der Waals surface area contributed by atoms with Gasteiger partial charge in [0.25, 0.3) is 0 Å². The molecule has 0 aliphatic carbocycles. The normalized spacial score (nSPS) is 18.5. The van der Waals surface area contributed by atoms with E-state index in [9.17, 15) is 4.79 Å². The van der Waals surface area contributed by atoms with Gasteiger partial charge in [-0.3, -0.25) is 4.79 Å². The SMILES string of the molecule is CCCCCNC(C)C(=O)N1CCCCC1. The van der Waals surface area contributed by atoms with Gasteiger partial charge in [-0.2, -0.15) is 0 Å². The highest BCUT2D eigenvalue weighted by atomic mass is 16.2. The van der Waals surface area contributed by atoms with Crippen molar-refractivity contribution in [1.29, 1.82) is 0 Å². The Labute approximate surface area is 99.6 Å². The fourth-order valence-corrected chi connectivity index (χ4v) is 2.17. The van der Waals surface area contributed by atoms with Crippen LogP contribution in [-0.2, 0) is 4.79 Å². The average Bonchev–Trinajstić information content (AvgIpc) is 2.34. The van der Waals surface area contributed by atoms with Crippen LogP contribution in [0.2, 0.25) is 0 Å². The topological polar surface area (TPSA) is 32.3 Å². The van der Waals surface area contributed by atoms with Crippen LogP contribution in [0.3, 0.4) is 0 Å². The zero-order valence-corrected chi connectivity index (χ0v) is 10.8. The quantitative estimate of drug-likeness (QED) is 0.704. The maximum absolute atomic E-state index is 12.0. The number of hydrogen-bond acceptors (Lipinski definition) is 2. The lowest BCUT2D eigenvalue weighted by Crippen LogP contribution is -2.47. The summed E-state index contributed by atoms with van der Waals surface area (Å²) in [5.74, 6) is 0.288. The molecule has 1 unspecified atom stereocenters. The van der Waals surface area contributed by atoms with E-state index >= 15 is 0 Å². The van der Waals surface area contributed by atoms with Gasteiger partial charge in [0, 0.05) is 13.1 Å². The standard InChI is InChI=1S/C13H26N2O/c1-3-4-6-9-14-12(2)13(16)15-10-7-5-8-11-15/h12,14H,3-11H2,1-2H3. The van der Waals surface area contributed by atoms with Gasteiger partial charge in [0.2, 0.25) is 5.91 Å². The van der Waals surface area contributed by atoms with Crippen molar-refractivity contribution in [3.8, 4) is 0 Å². The molecule has 0 aromatic rings. The van der Waals surface area contributed by atoms with Crippen LogP contribution in [0.4, 0.5) is 0 Å². The van der Waals surface area contributed by atoms with E-state index in [1.807, 2.05) is 11.8 Å². The first-order valence-corrected chi connectivity index (χ1v) is 6.78. The highest BCUT2D eigenvalue weighted by Gasteiger charge is 2.21. The third-order valence-electron chi connectivity index (χ3n) is 3.27. The van der Waals surface area contributed by atoms with Crippen LogP contribution in [0.5, 0.6) is 0 Å². The summed E-state index contributed by atoms with van der Waals surface area (Å²) in [4.78, 5) is 14.0. The molecule has 0 aromatic heterocycles. The molecule has 1 aliphatic rings. The Morgan fingerprint density at radius 1 is 1.25 bits per heavy atom. The van der Waals surface area contributed by atoms with Crippen molar-refractivity contribution in [2.24, 2.45) is 0 Å². The zero-order chi connectivity index (χ0) is 11.8. The molecule has 1 heterocycles. The minimum absolute atomic E-state index is 0.00467. The largest absolute Gasteiger partial charge is 0.341 e. The molecule has 3 heteroatoms. The number of piperidine rings is 1. The third kappa shape index (κ3) is 4.52. The summed E-state index contributed by atoms with van der Waals surface area (Å²) >= 11 is 0. The highest BCUT2D eigenvalue weighted by Crippen LogP contribution is 2.09. The number of carbonyl (C=O) groups excluding carboxylic acids is 1. The molecule has 3 nitrogen and oxygen atoms in total. The molecule has 1 atom stereocenters. The zero-order valence-electron chi connectivity index (χ0n) is 10.8. The predicted octanol–water partition coefficient (Wildman–Crippen LogP) is 2.17. The van der Waals surface area contributed by atoms with Gasteiger partial charge in [0.05, 0.1) is 6.04 Å². The van der Waals surface area contributed by atoms with E-state index in [1.54, 1.807) is 0 Å². The van der Waals surface area contributed by atoms with Crippen molar-refractivity contribution in [1.82, 2.24) is 10.2 Å². The Morgan fingerprint density at radius 2 is 1.94 bits per heavy atom. The number of likely N-dealkylation sites (tertiary alicyclic amines) is 1. The van der Waals surface area contributed by atoms with Crippen molar-refractivity contribution < 1.29 is 4.79 Å². The highest BCUT2D eigenvalue weighted by molar-refractivity contribution is 5.81. The Hall–Kier alpha value is -0.570. The van der Waals surface area contributed by atoms with Crippen LogP contribution >= 0.6 is 0 Å². The fourth-order valence-electron chi connectivity index (χ4n) is 2.17. The lowest BCUT2D eigenvalue weighted by Gasteiger charge is -2.29. The summed E-state index contributed by atoms with van der Waals surface area (Å²) in [5, 5.41) is 3.32. The Morgan fingerprint density at radius 3 is 2.56 bits per heavy atom. The van der Waals surface area contributed by atoms with Crippen molar-refractivity contribution in [2.75, 3.05) is 19.6 Å². The first kappa shape index (κ1) is 13.5. The second kappa shape index (κ2) is 7.66. The molecule has 1 amide bonds. The molecule has 1 aliphatic heterocycles. The van der Waals surface area contributed by atoms with Crippen LogP contribution in [0, 0.1) is 0 Å². The number of rotatable bonds is 6. The molecule has 1 saturated heterocycles. The molecule has 0 radical (unpaired) electrons. The average molecular weight is 226 g/mol. The molecule has 16 heavy (non-hydrogen) atoms. The molecular weight excluding hydrogens is 200 g/mol. The smallest absolute Gasteiger partial charge is 0.239 e. The van der Waals surface area contributed by atoms with Crippen LogP contribution < -0.4 is 5.32 Å². The summed E-state index contributed by atoms with van der Waals surface area (Å²) in [6, 6.07) is -0.00467. The number of nitrogens with one attached hydrogen (secondary N) is 1. The van der Waals surface area contributed by atoms with E-state index in [-0.39, 0.29) is 11.9 Å². The summed E-state index contributed by atoms with van der Waals surface area (Å²) < 4.78 is 0. The minimum Gasteiger partial charge on any atom is -0.341 e. The third-order valence-corrected chi connectivity index (χ3v) is 3.27. The molecule has 0 saturated carbocycles. The number of nitrogens with zero attached hydrogens (tertiary/aromatic N) is 1. The number of hydrogen-bond donors (Lipinski definition) is 1. The second-order valence-electron chi connectivity index (χ2n) is 4.77. The van der Waals surface area contributed by atoms with Gasteiger partial charge in [-0.1, -0.05) is 19.8 Å². The lowest BCUT2D eigenvalue weighted by atomic mass is 10.1. The van der Waals surface area contributed by atoms with E-state index in [1.165, 1.54) is 38.5 Å². The van der Waals surface area contributed by atoms with Crippen molar-refractivity contribution >= 4 is 5.91 Å². The predicted molar refractivity (Wildman–Crippen MR) is 67.4 cm³/mol. The van der Waals surface area contributed by atoms with E-state index in [2.05, 4.69) is 12.2 Å². The van der Waals surface area contributed by atoms with Crippen molar-refractivity contribution in [3.05, 3.63) is 0 Å². The van der Waals surface area contributed by atoms with Gasteiger partial charge in [-0.05, 0) is 39.2 Å². The monoisotopic (exact) mass is 226 g/mol. The van der Waals surface area contributed by atoms with Crippen LogP contribution in [0.15, 0.2) is 0 Å². The molecule has 0 aromatic carbocycles. The molecular formula is C13H26N2O. The summed E-state index contributed by atoms with van der Waals surface area (Å²) in [7, 11) is 0. The van der Waals surface area contributed by atoms with Gasteiger partial charge < -0.3 is 10.2 Å². The molecule has 1 fully saturated rings. The van der Waals surface area contributed by atoms with Gasteiger partial charge in [-0.15, -0.1) is 0 Å². The molecule has 1 N–H and O–H groups in total. The van der Waals surface area contributed by atoms with E-state index in [0.717, 1.165) is 19.6 Å². The van der Waals surface area contributed by atoms with E-state index in [4.69, 9.17) is 0 Å². The van der Waals surface area contributed by atoms with Crippen LogP contribution in [0.1, 0.15) is 52.4 Å². The molecule has 94 valence electrons. The first-order valence-electron chi connectivity index (χ1n) is 6.78. The minimum atomic E-state index is -0.00467. The molecule has 0 bridgehead atoms. The lowest BCUT2D eigenvalue weighted by molar-refractivity contribution is -0.133. The summed E-state index contributed by atoms with van der Waals surface area (Å²) in [6.45, 7) is 7.07. The Bertz CT molecular complexity index is 200. The van der Waals surface area contributed by atoms with E-state index < -0.39 is 0 Å². The fraction of sp³-hybridized carbons (Fsp3) is 0.923. The number of unbranched alkanes of at least 4 members (excludes halogenated alkanes) is 2. The summed E-state index contributed by atoms with van der Waals surface area (Å²) in [5.41, 5.74) is 0. The maximum atomic E-state index is 12.0. The Kier molecular flexibility index (Phi) is 6.46. The summed E-state index contributed by atoms with van der Waals surface area (Å²) in [6.07, 6.45) is 7.28. The van der Waals surface area contributed by atoms with Gasteiger partial charge in [0.1, 0.15) is 0 Å². The number of carbonyl (C=O) groups is 1. The van der Waals surface area contributed by atoms with Crippen LogP contribution in [0.25, 0.3) is 0 Å². The van der Waals surface area contributed by atoms with Crippen molar-refractivity contribution in [3.63, 3.8) is 0 Å². The number of amides is 1. The maximum Gasteiger partial charge on any atom is 0.239 e. The molecule has 1 rings (SSSR count). The first-order chi connectivity index (χ1) is 7.75. The van der Waals surface area contributed by atoms with E-state index in [0.29, 0.717) is 0 Å². The van der Waals surface area contributed by atoms with Crippen LogP contribution in [-0.4, -0.2) is 36.5 Å².